The van der Waals surface area contributed by atoms with Gasteiger partial charge in [-0.2, -0.15) is 0 Å². The van der Waals surface area contributed by atoms with Crippen molar-refractivity contribution in [1.29, 1.82) is 0 Å². The van der Waals surface area contributed by atoms with Crippen molar-refractivity contribution < 1.29 is 24.5 Å². The Balaban J connectivity index is 2.23. The number of phenols is 2. The third kappa shape index (κ3) is 3.48. The molecule has 0 aliphatic carbocycles. The van der Waals surface area contributed by atoms with Crippen LogP contribution in [-0.2, 0) is 4.74 Å². The number of carbonyl (C=O) groups is 2. The van der Waals surface area contributed by atoms with E-state index in [-0.39, 0.29) is 23.7 Å². The Hall–Kier alpha value is -3.02. The van der Waals surface area contributed by atoms with Crippen LogP contribution in [0.25, 0.3) is 0 Å². The highest BCUT2D eigenvalue weighted by Crippen LogP contribution is 2.33. The summed E-state index contributed by atoms with van der Waals surface area (Å²) in [7, 11) is 0. The number of aromatic hydroxyl groups is 2. The molecule has 0 bridgehead atoms. The van der Waals surface area contributed by atoms with Gasteiger partial charge in [0, 0.05) is 5.69 Å². The van der Waals surface area contributed by atoms with Gasteiger partial charge in [0.15, 0.2) is 0 Å². The normalized spacial score (nSPS) is 10.3. The summed E-state index contributed by atoms with van der Waals surface area (Å²) in [5.74, 6) is -1.61. The van der Waals surface area contributed by atoms with Gasteiger partial charge in [0.25, 0.3) is 5.91 Å². The molecule has 0 heterocycles. The van der Waals surface area contributed by atoms with Gasteiger partial charge in [-0.15, -0.1) is 0 Å². The molecule has 0 saturated heterocycles. The van der Waals surface area contributed by atoms with E-state index in [1.165, 1.54) is 12.1 Å². The molecule has 6 heteroatoms. The highest BCUT2D eigenvalue weighted by atomic mass is 16.5. The maximum atomic E-state index is 12.4. The van der Waals surface area contributed by atoms with E-state index in [0.29, 0.717) is 22.4 Å². The molecule has 0 saturated carbocycles. The van der Waals surface area contributed by atoms with Crippen molar-refractivity contribution in [2.75, 3.05) is 11.9 Å². The van der Waals surface area contributed by atoms with Crippen molar-refractivity contribution in [2.24, 2.45) is 0 Å². The molecule has 3 N–H and O–H groups in total. The monoisotopic (exact) mass is 329 g/mol. The molecule has 0 fully saturated rings. The molecule has 2 rings (SSSR count). The molecule has 0 radical (unpaired) electrons. The summed E-state index contributed by atoms with van der Waals surface area (Å²) in [6, 6.07) is 7.72. The lowest BCUT2D eigenvalue weighted by atomic mass is 10.0. The lowest BCUT2D eigenvalue weighted by Crippen LogP contribution is -2.13. The Morgan fingerprint density at radius 1 is 1.04 bits per heavy atom. The first-order chi connectivity index (χ1) is 11.3. The van der Waals surface area contributed by atoms with Crippen molar-refractivity contribution in [3.05, 3.63) is 52.6 Å². The fourth-order valence-electron chi connectivity index (χ4n) is 2.28. The second kappa shape index (κ2) is 7.04. The van der Waals surface area contributed by atoms with Crippen LogP contribution in [0.5, 0.6) is 11.5 Å². The largest absolute Gasteiger partial charge is 0.507 e. The maximum Gasteiger partial charge on any atom is 0.338 e. The molecule has 0 aliphatic heterocycles. The Morgan fingerprint density at radius 2 is 1.58 bits per heavy atom. The number of phenolic OH excluding ortho intramolecular Hbond substituents is 2. The van der Waals surface area contributed by atoms with Crippen LogP contribution in [0, 0.1) is 13.8 Å². The Labute approximate surface area is 139 Å². The average Bonchev–Trinajstić information content (AvgIpc) is 2.54. The predicted octanol–water partition coefficient (Wildman–Crippen LogP) is 3.14. The van der Waals surface area contributed by atoms with Gasteiger partial charge in [-0.3, -0.25) is 4.79 Å². The van der Waals surface area contributed by atoms with E-state index < -0.39 is 11.9 Å². The summed E-state index contributed by atoms with van der Waals surface area (Å²) >= 11 is 0. The second-order valence-electron chi connectivity index (χ2n) is 5.33. The van der Waals surface area contributed by atoms with E-state index in [9.17, 15) is 19.8 Å². The number of nitrogens with one attached hydrogen (secondary N) is 1. The zero-order valence-corrected chi connectivity index (χ0v) is 13.7. The fourth-order valence-corrected chi connectivity index (χ4v) is 2.28. The summed E-state index contributed by atoms with van der Waals surface area (Å²) in [6.07, 6.45) is 0. The fraction of sp³-hybridized carbons (Fsp3) is 0.222. The predicted molar refractivity (Wildman–Crippen MR) is 89.6 cm³/mol. The number of amides is 1. The summed E-state index contributed by atoms with van der Waals surface area (Å²) in [5.41, 5.74) is 1.60. The van der Waals surface area contributed by atoms with E-state index in [0.717, 1.165) is 0 Å². The van der Waals surface area contributed by atoms with Crippen LogP contribution in [0.1, 0.15) is 38.8 Å². The summed E-state index contributed by atoms with van der Waals surface area (Å²) in [4.78, 5) is 23.9. The molecule has 0 spiro atoms. The molecule has 2 aromatic carbocycles. The zero-order chi connectivity index (χ0) is 17.9. The Morgan fingerprint density at radius 3 is 2.08 bits per heavy atom. The summed E-state index contributed by atoms with van der Waals surface area (Å²) in [6.45, 7) is 5.29. The van der Waals surface area contributed by atoms with Gasteiger partial charge in [0.1, 0.15) is 17.1 Å². The molecule has 1 amide bonds. The third-order valence-corrected chi connectivity index (χ3v) is 3.53. The number of rotatable bonds is 4. The first-order valence-electron chi connectivity index (χ1n) is 7.45. The SMILES string of the molecule is CCOC(=O)c1ccc(NC(=O)c2c(O)c(C)cc(C)c2O)cc1. The van der Waals surface area contributed by atoms with E-state index in [1.807, 2.05) is 0 Å². The molecule has 0 aromatic heterocycles. The van der Waals surface area contributed by atoms with Crippen molar-refractivity contribution in [1.82, 2.24) is 0 Å². The van der Waals surface area contributed by atoms with Gasteiger partial charge >= 0.3 is 5.97 Å². The highest BCUT2D eigenvalue weighted by molar-refractivity contribution is 6.08. The second-order valence-corrected chi connectivity index (χ2v) is 5.33. The molecular weight excluding hydrogens is 310 g/mol. The van der Waals surface area contributed by atoms with Crippen LogP contribution in [0.15, 0.2) is 30.3 Å². The Bertz CT molecular complexity index is 755. The van der Waals surface area contributed by atoms with Gasteiger partial charge in [-0.25, -0.2) is 4.79 Å². The van der Waals surface area contributed by atoms with Crippen LogP contribution in [-0.4, -0.2) is 28.7 Å². The lowest BCUT2D eigenvalue weighted by Gasteiger charge is -2.12. The highest BCUT2D eigenvalue weighted by Gasteiger charge is 2.20. The van der Waals surface area contributed by atoms with Crippen LogP contribution < -0.4 is 5.32 Å². The minimum absolute atomic E-state index is 0.179. The smallest absolute Gasteiger partial charge is 0.338 e. The molecule has 24 heavy (non-hydrogen) atoms. The Kier molecular flexibility index (Phi) is 5.08. The number of hydrogen-bond donors (Lipinski definition) is 3. The van der Waals surface area contributed by atoms with E-state index >= 15 is 0 Å². The van der Waals surface area contributed by atoms with Crippen molar-refractivity contribution in [2.45, 2.75) is 20.8 Å². The van der Waals surface area contributed by atoms with Gasteiger partial charge in [-0.1, -0.05) is 0 Å². The average molecular weight is 329 g/mol. The molecule has 2 aromatic rings. The molecule has 126 valence electrons. The van der Waals surface area contributed by atoms with Crippen LogP contribution in [0.2, 0.25) is 0 Å². The van der Waals surface area contributed by atoms with E-state index in [4.69, 9.17) is 4.74 Å². The number of esters is 1. The first kappa shape index (κ1) is 17.3. The number of carbonyl (C=O) groups excluding carboxylic acids is 2. The van der Waals surface area contributed by atoms with Gasteiger partial charge < -0.3 is 20.3 Å². The van der Waals surface area contributed by atoms with Crippen LogP contribution in [0.4, 0.5) is 5.69 Å². The molecule has 0 aliphatic rings. The van der Waals surface area contributed by atoms with Gasteiger partial charge in [0.05, 0.1) is 12.2 Å². The molecule has 6 nitrogen and oxygen atoms in total. The quantitative estimate of drug-likeness (QED) is 0.749. The number of anilines is 1. The molecule has 0 atom stereocenters. The number of aryl methyl sites for hydroxylation is 2. The summed E-state index contributed by atoms with van der Waals surface area (Å²) in [5, 5.41) is 22.7. The van der Waals surface area contributed by atoms with Gasteiger partial charge in [0.2, 0.25) is 0 Å². The van der Waals surface area contributed by atoms with Crippen LogP contribution in [0.3, 0.4) is 0 Å². The number of benzene rings is 2. The standard InChI is InChI=1S/C18H19NO5/c1-4-24-18(23)12-5-7-13(8-6-12)19-17(22)14-15(20)10(2)9-11(3)16(14)21/h5-9,20-21H,4H2,1-3H3,(H,19,22). The minimum Gasteiger partial charge on any atom is -0.507 e. The van der Waals surface area contributed by atoms with Gasteiger partial charge in [-0.05, 0) is 62.2 Å². The van der Waals surface area contributed by atoms with Crippen LogP contribution >= 0.6 is 0 Å². The third-order valence-electron chi connectivity index (χ3n) is 3.53. The topological polar surface area (TPSA) is 95.9 Å². The van der Waals surface area contributed by atoms with Crippen molar-refractivity contribution in [3.63, 3.8) is 0 Å². The molecular formula is C18H19NO5. The molecule has 0 unspecified atom stereocenters. The lowest BCUT2D eigenvalue weighted by molar-refractivity contribution is 0.0526. The number of ether oxygens (including phenoxy) is 1. The van der Waals surface area contributed by atoms with Crippen molar-refractivity contribution in [3.8, 4) is 11.5 Å². The maximum absolute atomic E-state index is 12.4. The summed E-state index contributed by atoms with van der Waals surface area (Å²) < 4.78 is 4.88. The van der Waals surface area contributed by atoms with E-state index in [1.54, 1.807) is 39.0 Å². The van der Waals surface area contributed by atoms with E-state index in [2.05, 4.69) is 5.32 Å². The zero-order valence-electron chi connectivity index (χ0n) is 13.7. The number of hydrogen-bond acceptors (Lipinski definition) is 5. The first-order valence-corrected chi connectivity index (χ1v) is 7.45. The minimum atomic E-state index is -0.638. The van der Waals surface area contributed by atoms with Crippen molar-refractivity contribution >= 4 is 17.6 Å².